The van der Waals surface area contributed by atoms with Crippen LogP contribution < -0.4 is 4.74 Å². The van der Waals surface area contributed by atoms with Gasteiger partial charge in [0.25, 0.3) is 11.8 Å². The highest BCUT2D eigenvalue weighted by atomic mass is 16.5. The number of para-hydroxylation sites is 1. The molecular weight excluding hydrogens is 338 g/mol. The van der Waals surface area contributed by atoms with Crippen molar-refractivity contribution in [2.24, 2.45) is 0 Å². The fourth-order valence-corrected chi connectivity index (χ4v) is 3.08. The fraction of sp³-hybridized carbons (Fsp3) is 0.111. The molecule has 0 saturated carbocycles. The third-order valence-corrected chi connectivity index (χ3v) is 4.31. The maximum Gasteiger partial charge on any atom is 0.265 e. The lowest BCUT2D eigenvalue weighted by Crippen LogP contribution is -2.29. The number of imide groups is 1. The maximum atomic E-state index is 12.8. The molecule has 0 radical (unpaired) electrons. The van der Waals surface area contributed by atoms with Crippen LogP contribution in [0.15, 0.2) is 36.7 Å². The Morgan fingerprint density at radius 3 is 2.04 bits per heavy atom. The van der Waals surface area contributed by atoms with Crippen LogP contribution in [-0.2, 0) is 6.54 Å². The Bertz CT molecular complexity index is 1020. The highest BCUT2D eigenvalue weighted by Gasteiger charge is 2.42. The van der Waals surface area contributed by atoms with E-state index in [1.807, 2.05) is 0 Å². The summed E-state index contributed by atoms with van der Waals surface area (Å²) in [5.74, 6) is -1.85. The summed E-state index contributed by atoms with van der Waals surface area (Å²) < 4.78 is 5.25. The molecule has 2 N–H and O–H groups in total. The molecule has 2 heterocycles. The molecule has 2 aromatic carbocycles. The average Bonchev–Trinajstić information content (AvgIpc) is 2.91. The zero-order chi connectivity index (χ0) is 18.4. The first-order valence-electron chi connectivity index (χ1n) is 7.71. The van der Waals surface area contributed by atoms with Crippen LogP contribution in [0.1, 0.15) is 26.3 Å². The van der Waals surface area contributed by atoms with Gasteiger partial charge in [0.2, 0.25) is 0 Å². The molecule has 0 unspecified atom stereocenters. The molecule has 26 heavy (non-hydrogen) atoms. The quantitative estimate of drug-likeness (QED) is 0.547. The van der Waals surface area contributed by atoms with Gasteiger partial charge in [0.05, 0.1) is 13.7 Å². The summed E-state index contributed by atoms with van der Waals surface area (Å²) in [6.45, 7) is -0.0631. The highest BCUT2D eigenvalue weighted by Crippen LogP contribution is 2.42. The first kappa shape index (κ1) is 15.8. The minimum Gasteiger partial charge on any atom is -0.505 e. The van der Waals surface area contributed by atoms with E-state index >= 15 is 0 Å². The number of carbonyl (C=O) groups is 2. The van der Waals surface area contributed by atoms with Gasteiger partial charge in [0, 0.05) is 18.0 Å². The molecule has 1 aliphatic rings. The first-order chi connectivity index (χ1) is 12.5. The molecule has 0 bridgehead atoms. The van der Waals surface area contributed by atoms with Crippen LogP contribution in [0.3, 0.4) is 0 Å². The largest absolute Gasteiger partial charge is 0.505 e. The number of phenolic OH excluding ortho intramolecular Hbond substituents is 2. The predicted octanol–water partition coefficient (Wildman–Crippen LogP) is 1.85. The van der Waals surface area contributed by atoms with Crippen molar-refractivity contribution >= 4 is 22.8 Å². The lowest BCUT2D eigenvalue weighted by molar-refractivity contribution is 0.0640. The van der Waals surface area contributed by atoms with E-state index in [1.54, 1.807) is 24.3 Å². The van der Waals surface area contributed by atoms with Gasteiger partial charge in [-0.25, -0.2) is 9.97 Å². The number of amides is 2. The predicted molar refractivity (Wildman–Crippen MR) is 90.1 cm³/mol. The zero-order valence-electron chi connectivity index (χ0n) is 13.6. The molecule has 0 saturated heterocycles. The summed E-state index contributed by atoms with van der Waals surface area (Å²) in [7, 11) is 1.49. The number of hydrogen-bond acceptors (Lipinski definition) is 7. The minimum atomic E-state index is -0.712. The Morgan fingerprint density at radius 1 is 0.962 bits per heavy atom. The molecule has 8 heteroatoms. The fourth-order valence-electron chi connectivity index (χ4n) is 3.08. The average molecular weight is 351 g/mol. The molecule has 0 spiro atoms. The minimum absolute atomic E-state index is 0.0379. The molecule has 2 amide bonds. The zero-order valence-corrected chi connectivity index (χ0v) is 13.6. The van der Waals surface area contributed by atoms with E-state index in [9.17, 15) is 19.8 Å². The topological polar surface area (TPSA) is 113 Å². The van der Waals surface area contributed by atoms with Crippen molar-refractivity contribution in [3.63, 3.8) is 0 Å². The van der Waals surface area contributed by atoms with Crippen LogP contribution in [0.2, 0.25) is 0 Å². The van der Waals surface area contributed by atoms with E-state index in [0.717, 1.165) is 4.90 Å². The maximum absolute atomic E-state index is 12.8. The van der Waals surface area contributed by atoms with Crippen molar-refractivity contribution in [1.82, 2.24) is 14.9 Å². The third kappa shape index (κ3) is 2.08. The number of phenols is 2. The summed E-state index contributed by atoms with van der Waals surface area (Å²) in [4.78, 5) is 34.4. The van der Waals surface area contributed by atoms with Crippen molar-refractivity contribution in [2.45, 2.75) is 6.54 Å². The van der Waals surface area contributed by atoms with Gasteiger partial charge in [-0.1, -0.05) is 18.2 Å². The van der Waals surface area contributed by atoms with E-state index in [4.69, 9.17) is 4.74 Å². The van der Waals surface area contributed by atoms with Crippen molar-refractivity contribution in [1.29, 1.82) is 0 Å². The van der Waals surface area contributed by atoms with Crippen molar-refractivity contribution in [3.8, 4) is 17.2 Å². The van der Waals surface area contributed by atoms with Gasteiger partial charge >= 0.3 is 0 Å². The summed E-state index contributed by atoms with van der Waals surface area (Å²) in [6.07, 6.45) is 2.64. The van der Waals surface area contributed by atoms with Gasteiger partial charge in [-0.15, -0.1) is 0 Å². The summed E-state index contributed by atoms with van der Waals surface area (Å²) in [6, 6.07) is 6.96. The van der Waals surface area contributed by atoms with Gasteiger partial charge in [0.1, 0.15) is 27.9 Å². The van der Waals surface area contributed by atoms with Crippen LogP contribution in [0.5, 0.6) is 17.2 Å². The molecule has 0 atom stereocenters. The van der Waals surface area contributed by atoms with Crippen molar-refractivity contribution in [3.05, 3.63) is 53.3 Å². The lowest BCUT2D eigenvalue weighted by atomic mass is 10.1. The SMILES string of the molecule is COc1ccccc1CN1C(=O)c2c(c(O)c3nccnc3c2O)C1=O. The molecule has 1 aliphatic heterocycles. The van der Waals surface area contributed by atoms with Crippen LogP contribution in [-0.4, -0.2) is 44.0 Å². The lowest BCUT2D eigenvalue weighted by Gasteiger charge is -2.16. The summed E-state index contributed by atoms with van der Waals surface area (Å²) in [5, 5.41) is 20.9. The van der Waals surface area contributed by atoms with E-state index in [-0.39, 0.29) is 28.7 Å². The van der Waals surface area contributed by atoms with E-state index in [0.29, 0.717) is 11.3 Å². The molecule has 8 nitrogen and oxygen atoms in total. The normalized spacial score (nSPS) is 13.3. The van der Waals surface area contributed by atoms with Gasteiger partial charge in [-0.05, 0) is 6.07 Å². The van der Waals surface area contributed by atoms with Crippen LogP contribution in [0.25, 0.3) is 11.0 Å². The number of benzene rings is 2. The number of aromatic nitrogens is 2. The molecule has 3 aromatic rings. The van der Waals surface area contributed by atoms with Gasteiger partial charge < -0.3 is 14.9 Å². The number of methoxy groups -OCH3 is 1. The molecule has 0 fully saturated rings. The van der Waals surface area contributed by atoms with Crippen LogP contribution >= 0.6 is 0 Å². The summed E-state index contributed by atoms with van der Waals surface area (Å²) in [5.41, 5.74) is 0.00294. The summed E-state index contributed by atoms with van der Waals surface area (Å²) >= 11 is 0. The van der Waals surface area contributed by atoms with Gasteiger partial charge in [0.15, 0.2) is 11.5 Å². The van der Waals surface area contributed by atoms with E-state index < -0.39 is 23.3 Å². The number of hydrogen-bond donors (Lipinski definition) is 2. The van der Waals surface area contributed by atoms with Crippen molar-refractivity contribution in [2.75, 3.05) is 7.11 Å². The van der Waals surface area contributed by atoms with Crippen LogP contribution in [0.4, 0.5) is 0 Å². The number of aromatic hydroxyl groups is 2. The smallest absolute Gasteiger partial charge is 0.265 e. The Labute approximate surface area is 147 Å². The van der Waals surface area contributed by atoms with Gasteiger partial charge in [-0.3, -0.25) is 14.5 Å². The Morgan fingerprint density at radius 2 is 1.50 bits per heavy atom. The Hall–Kier alpha value is -3.68. The van der Waals surface area contributed by atoms with Crippen LogP contribution in [0, 0.1) is 0 Å². The number of rotatable bonds is 3. The number of carbonyl (C=O) groups excluding carboxylic acids is 2. The number of nitrogens with zero attached hydrogens (tertiary/aromatic N) is 3. The Kier molecular flexibility index (Phi) is 3.47. The molecule has 0 aliphatic carbocycles. The number of fused-ring (bicyclic) bond motifs is 2. The third-order valence-electron chi connectivity index (χ3n) is 4.31. The molecule has 4 rings (SSSR count). The highest BCUT2D eigenvalue weighted by molar-refractivity contribution is 6.26. The molecule has 130 valence electrons. The Balaban J connectivity index is 1.85. The van der Waals surface area contributed by atoms with Gasteiger partial charge in [-0.2, -0.15) is 0 Å². The molecule has 1 aromatic heterocycles. The van der Waals surface area contributed by atoms with E-state index in [1.165, 1.54) is 19.5 Å². The van der Waals surface area contributed by atoms with E-state index in [2.05, 4.69) is 9.97 Å². The monoisotopic (exact) mass is 351 g/mol. The second-order valence-electron chi connectivity index (χ2n) is 5.71. The standard InChI is InChI=1S/C18H13N3O5/c1-26-10-5-3-2-4-9(10)8-21-17(24)11-12(18(21)25)16(23)14-13(15(11)22)19-6-7-20-14/h2-7,22-23H,8H2,1H3. The second-order valence-corrected chi connectivity index (χ2v) is 5.71. The second kappa shape index (κ2) is 5.69. The number of ether oxygens (including phenoxy) is 1. The molecular formula is C18H13N3O5. The van der Waals surface area contributed by atoms with Crippen molar-refractivity contribution < 1.29 is 24.5 Å². The first-order valence-corrected chi connectivity index (χ1v) is 7.71.